The fraction of sp³-hybridized carbons (Fsp3) is 0.261. The zero-order valence-corrected chi connectivity index (χ0v) is 21.1. The first-order valence-electron chi connectivity index (χ1n) is 10.3. The monoisotopic (exact) mass is 518 g/mol. The SMILES string of the molecule is CCN(CC)[P@@](=O)(Nc1ccccc1Br)c1ccc(N(C)C)cc1NC(=O)c1ccco1. The van der Waals surface area contributed by atoms with Crippen molar-refractivity contribution in [3.63, 3.8) is 0 Å². The predicted octanol–water partition coefficient (Wildman–Crippen LogP) is 5.63. The van der Waals surface area contributed by atoms with Crippen molar-refractivity contribution < 1.29 is 13.8 Å². The number of carbonyl (C=O) groups is 1. The molecule has 0 aliphatic rings. The van der Waals surface area contributed by atoms with Gasteiger partial charge < -0.3 is 19.7 Å². The number of rotatable bonds is 9. The molecule has 0 fully saturated rings. The largest absolute Gasteiger partial charge is 0.459 e. The lowest BCUT2D eigenvalue weighted by molar-refractivity contribution is 0.0997. The second-order valence-corrected chi connectivity index (χ2v) is 10.6. The molecule has 3 rings (SSSR count). The zero-order chi connectivity index (χ0) is 23.3. The fourth-order valence-electron chi connectivity index (χ4n) is 3.38. The van der Waals surface area contributed by atoms with Gasteiger partial charge in [-0.3, -0.25) is 9.36 Å². The molecule has 0 unspecified atom stereocenters. The number of hydrogen-bond donors (Lipinski definition) is 2. The van der Waals surface area contributed by atoms with E-state index in [2.05, 4.69) is 26.3 Å². The molecule has 0 aliphatic carbocycles. The van der Waals surface area contributed by atoms with E-state index < -0.39 is 13.4 Å². The van der Waals surface area contributed by atoms with Gasteiger partial charge in [0.2, 0.25) is 0 Å². The molecule has 32 heavy (non-hydrogen) atoms. The van der Waals surface area contributed by atoms with Gasteiger partial charge in [-0.2, -0.15) is 0 Å². The first-order chi connectivity index (χ1) is 15.3. The van der Waals surface area contributed by atoms with Crippen LogP contribution in [0.15, 0.2) is 69.8 Å². The summed E-state index contributed by atoms with van der Waals surface area (Å²) in [6.45, 7) is 5.05. The van der Waals surface area contributed by atoms with Crippen molar-refractivity contribution in [2.24, 2.45) is 0 Å². The van der Waals surface area contributed by atoms with Gasteiger partial charge in [0.15, 0.2) is 5.76 Å². The molecule has 0 radical (unpaired) electrons. The maximum atomic E-state index is 14.7. The van der Waals surface area contributed by atoms with Crippen LogP contribution in [0.25, 0.3) is 0 Å². The van der Waals surface area contributed by atoms with Crippen LogP contribution in [0.1, 0.15) is 24.4 Å². The van der Waals surface area contributed by atoms with Crippen LogP contribution < -0.4 is 20.6 Å². The standard InChI is InChI=1S/C23H28BrN4O3P/c1-5-28(6-2)32(30,26-19-11-8-7-10-18(19)24)22-14-13-17(27(3)4)16-20(22)25-23(29)21-12-9-15-31-21/h7-16H,5-6H2,1-4H3,(H,25,29)(H,26,30)/t32-/m0/s1. The van der Waals surface area contributed by atoms with Gasteiger partial charge >= 0.3 is 0 Å². The summed E-state index contributed by atoms with van der Waals surface area (Å²) in [5.41, 5.74) is 2.05. The highest BCUT2D eigenvalue weighted by molar-refractivity contribution is 9.10. The summed E-state index contributed by atoms with van der Waals surface area (Å²) in [5.74, 6) is -0.221. The lowest BCUT2D eigenvalue weighted by Gasteiger charge is -2.33. The quantitative estimate of drug-likeness (QED) is 0.357. The van der Waals surface area contributed by atoms with E-state index in [0.29, 0.717) is 29.8 Å². The Morgan fingerprint density at radius 2 is 1.75 bits per heavy atom. The average Bonchev–Trinajstić information content (AvgIpc) is 3.31. The Morgan fingerprint density at radius 1 is 1.03 bits per heavy atom. The highest BCUT2D eigenvalue weighted by atomic mass is 79.9. The van der Waals surface area contributed by atoms with E-state index in [4.69, 9.17) is 4.42 Å². The van der Waals surface area contributed by atoms with E-state index in [1.165, 1.54) is 6.26 Å². The fourth-order valence-corrected chi connectivity index (χ4v) is 6.52. The summed E-state index contributed by atoms with van der Waals surface area (Å²) in [5, 5.41) is 6.71. The highest BCUT2D eigenvalue weighted by Crippen LogP contribution is 2.51. The molecule has 7 nitrogen and oxygen atoms in total. The maximum absolute atomic E-state index is 14.7. The molecule has 2 N–H and O–H groups in total. The third kappa shape index (κ3) is 5.09. The molecule has 1 atom stereocenters. The molecule has 0 saturated heterocycles. The normalized spacial score (nSPS) is 12.9. The second kappa shape index (κ2) is 10.4. The third-order valence-corrected chi connectivity index (χ3v) is 8.73. The summed E-state index contributed by atoms with van der Waals surface area (Å²) in [7, 11) is 0.464. The molecule has 170 valence electrons. The summed E-state index contributed by atoms with van der Waals surface area (Å²) in [6, 6.07) is 16.3. The Balaban J connectivity index is 2.15. The number of carbonyl (C=O) groups excluding carboxylic acids is 1. The van der Waals surface area contributed by atoms with E-state index in [1.54, 1.807) is 12.1 Å². The predicted molar refractivity (Wildman–Crippen MR) is 135 cm³/mol. The third-order valence-electron chi connectivity index (χ3n) is 5.09. The van der Waals surface area contributed by atoms with Gasteiger partial charge in [0, 0.05) is 37.3 Å². The number of nitrogens with one attached hydrogen (secondary N) is 2. The van der Waals surface area contributed by atoms with Gasteiger partial charge in [-0.15, -0.1) is 0 Å². The van der Waals surface area contributed by atoms with Crippen molar-refractivity contribution in [1.29, 1.82) is 0 Å². The van der Waals surface area contributed by atoms with E-state index in [9.17, 15) is 9.36 Å². The molecule has 1 amide bonds. The van der Waals surface area contributed by atoms with Gasteiger partial charge in [0.25, 0.3) is 13.4 Å². The van der Waals surface area contributed by atoms with Crippen LogP contribution in [-0.4, -0.2) is 37.8 Å². The number of halogens is 1. The van der Waals surface area contributed by atoms with Crippen molar-refractivity contribution in [2.75, 3.05) is 42.5 Å². The number of hydrogen-bond acceptors (Lipinski definition) is 4. The van der Waals surface area contributed by atoms with E-state index >= 15 is 0 Å². The van der Waals surface area contributed by atoms with Crippen LogP contribution in [0.4, 0.5) is 17.1 Å². The lowest BCUT2D eigenvalue weighted by atomic mass is 10.2. The van der Waals surface area contributed by atoms with Crippen molar-refractivity contribution in [3.8, 4) is 0 Å². The Morgan fingerprint density at radius 3 is 2.34 bits per heavy atom. The minimum Gasteiger partial charge on any atom is -0.459 e. The van der Waals surface area contributed by atoms with E-state index in [-0.39, 0.29) is 5.76 Å². The van der Waals surface area contributed by atoms with E-state index in [0.717, 1.165) is 10.2 Å². The first kappa shape index (κ1) is 24.1. The number of nitrogens with zero attached hydrogens (tertiary/aromatic N) is 2. The molecule has 0 aliphatic heterocycles. The van der Waals surface area contributed by atoms with Crippen LogP contribution in [0.5, 0.6) is 0 Å². The van der Waals surface area contributed by atoms with Crippen molar-refractivity contribution in [3.05, 3.63) is 71.1 Å². The molecule has 1 aromatic heterocycles. The lowest BCUT2D eigenvalue weighted by Crippen LogP contribution is -2.32. The van der Waals surface area contributed by atoms with Gasteiger partial charge in [-0.05, 0) is 58.4 Å². The van der Waals surface area contributed by atoms with E-state index in [1.807, 2.05) is 80.0 Å². The molecule has 1 heterocycles. The minimum atomic E-state index is -3.36. The summed E-state index contributed by atoms with van der Waals surface area (Å²) >= 11 is 3.54. The van der Waals surface area contributed by atoms with Crippen molar-refractivity contribution in [2.45, 2.75) is 13.8 Å². The number of amides is 1. The summed E-state index contributed by atoms with van der Waals surface area (Å²) in [4.78, 5) is 14.7. The number of anilines is 3. The number of furan rings is 1. The highest BCUT2D eigenvalue weighted by Gasteiger charge is 2.34. The van der Waals surface area contributed by atoms with Crippen LogP contribution >= 0.6 is 23.4 Å². The number of para-hydroxylation sites is 1. The molecule has 2 aromatic carbocycles. The number of benzene rings is 2. The zero-order valence-electron chi connectivity index (χ0n) is 18.6. The molecule has 3 aromatic rings. The maximum Gasteiger partial charge on any atom is 0.291 e. The molecular formula is C23H28BrN4O3P. The smallest absolute Gasteiger partial charge is 0.291 e. The topological polar surface area (TPSA) is 77.8 Å². The van der Waals surface area contributed by atoms with Crippen molar-refractivity contribution in [1.82, 2.24) is 4.67 Å². The van der Waals surface area contributed by atoms with Crippen LogP contribution in [0.3, 0.4) is 0 Å². The minimum absolute atomic E-state index is 0.183. The Bertz CT molecular complexity index is 1110. The van der Waals surface area contributed by atoms with Gasteiger partial charge in [-0.1, -0.05) is 26.0 Å². The second-order valence-electron chi connectivity index (χ2n) is 7.33. The molecule has 9 heteroatoms. The Kier molecular flexibility index (Phi) is 7.82. The van der Waals surface area contributed by atoms with Gasteiger partial charge in [0.05, 0.1) is 22.9 Å². The van der Waals surface area contributed by atoms with Crippen molar-refractivity contribution >= 4 is 51.6 Å². The average molecular weight is 519 g/mol. The molecule has 0 spiro atoms. The first-order valence-corrected chi connectivity index (χ1v) is 12.8. The van der Waals surface area contributed by atoms with Crippen LogP contribution in [-0.2, 0) is 4.57 Å². The Labute approximate surface area is 197 Å². The van der Waals surface area contributed by atoms with Crippen LogP contribution in [0.2, 0.25) is 0 Å². The molecular weight excluding hydrogens is 491 g/mol. The Hall–Kier alpha value is -2.54. The van der Waals surface area contributed by atoms with Gasteiger partial charge in [-0.25, -0.2) is 4.67 Å². The van der Waals surface area contributed by atoms with Crippen LogP contribution in [0, 0.1) is 0 Å². The summed E-state index contributed by atoms with van der Waals surface area (Å²) < 4.78 is 22.6. The summed E-state index contributed by atoms with van der Waals surface area (Å²) in [6.07, 6.45) is 1.45. The molecule has 0 bridgehead atoms. The van der Waals surface area contributed by atoms with Gasteiger partial charge in [0.1, 0.15) is 0 Å². The molecule has 0 saturated carbocycles.